The van der Waals surface area contributed by atoms with Crippen LogP contribution in [-0.4, -0.2) is 35.0 Å². The van der Waals surface area contributed by atoms with Gasteiger partial charge in [-0.25, -0.2) is 0 Å². The molecule has 1 atom stereocenters. The molecule has 0 saturated carbocycles. The molecule has 0 fully saturated rings. The fraction of sp³-hybridized carbons (Fsp3) is 0.476. The lowest BCUT2D eigenvalue weighted by molar-refractivity contribution is 0.0491. The molecule has 1 aliphatic carbocycles. The minimum absolute atomic E-state index is 0.0163. The van der Waals surface area contributed by atoms with Crippen molar-refractivity contribution in [3.05, 3.63) is 29.3 Å². The highest BCUT2D eigenvalue weighted by Gasteiger charge is 2.46. The molecule has 2 aromatic rings. The van der Waals surface area contributed by atoms with Crippen LogP contribution in [0.15, 0.2) is 18.2 Å². The number of aromatic hydroxyl groups is 3. The van der Waals surface area contributed by atoms with Gasteiger partial charge in [0.25, 0.3) is 0 Å². The Morgan fingerprint density at radius 2 is 1.70 bits per heavy atom. The zero-order valence-electron chi connectivity index (χ0n) is 16.8. The van der Waals surface area contributed by atoms with Crippen LogP contribution in [0.4, 0.5) is 0 Å². The van der Waals surface area contributed by atoms with Crippen molar-refractivity contribution in [1.82, 2.24) is 0 Å². The number of ketones is 1. The first-order valence-electron chi connectivity index (χ1n) is 9.18. The molecule has 0 aromatic heterocycles. The number of benzene rings is 2. The second-order valence-electron chi connectivity index (χ2n) is 9.41. The van der Waals surface area contributed by atoms with Crippen molar-refractivity contribution >= 4 is 24.9 Å². The average Bonchev–Trinajstić information content (AvgIpc) is 2.42. The summed E-state index contributed by atoms with van der Waals surface area (Å²) in [6.45, 7) is 12.7. The van der Waals surface area contributed by atoms with Crippen LogP contribution in [0.25, 0.3) is 10.8 Å². The van der Waals surface area contributed by atoms with Crippen molar-refractivity contribution in [3.8, 4) is 17.2 Å². The number of hydrogen-bond donors (Lipinski definition) is 3. The minimum atomic E-state index is -2.10. The van der Waals surface area contributed by atoms with Crippen molar-refractivity contribution in [1.29, 1.82) is 0 Å². The van der Waals surface area contributed by atoms with Gasteiger partial charge in [-0.15, -0.1) is 0 Å². The van der Waals surface area contributed by atoms with Crippen LogP contribution in [0.2, 0.25) is 18.1 Å². The monoisotopic (exact) mass is 388 g/mol. The van der Waals surface area contributed by atoms with E-state index in [0.717, 1.165) is 6.07 Å². The standard InChI is InChI=1S/C21H28O5Si/c1-20(2,3)27(5,6)26-21(4)10-13-7-12-8-14(22)9-15(23)17(12)19(25)18(13)16(24)11-21/h7-9,22-23,25H,10-11H2,1-6H3/t21-/m0/s1. The van der Waals surface area contributed by atoms with Crippen molar-refractivity contribution in [3.63, 3.8) is 0 Å². The molecule has 0 aliphatic heterocycles. The molecule has 3 N–H and O–H groups in total. The Bertz CT molecular complexity index is 942. The van der Waals surface area contributed by atoms with Crippen LogP contribution in [0, 0.1) is 0 Å². The quantitative estimate of drug-likeness (QED) is 0.639. The highest BCUT2D eigenvalue weighted by molar-refractivity contribution is 6.74. The van der Waals surface area contributed by atoms with Crippen molar-refractivity contribution in [2.75, 3.05) is 0 Å². The summed E-state index contributed by atoms with van der Waals surface area (Å²) < 4.78 is 6.60. The molecule has 3 rings (SSSR count). The molecule has 27 heavy (non-hydrogen) atoms. The highest BCUT2D eigenvalue weighted by Crippen LogP contribution is 2.46. The van der Waals surface area contributed by atoms with Crippen LogP contribution >= 0.6 is 0 Å². The smallest absolute Gasteiger partial charge is 0.192 e. The molecule has 146 valence electrons. The molecular formula is C21H28O5Si. The Labute approximate surface area is 160 Å². The number of carbonyl (C=O) groups excluding carboxylic acids is 1. The van der Waals surface area contributed by atoms with E-state index in [2.05, 4.69) is 33.9 Å². The third kappa shape index (κ3) is 3.32. The van der Waals surface area contributed by atoms with Crippen LogP contribution < -0.4 is 0 Å². The lowest BCUT2D eigenvalue weighted by Crippen LogP contribution is -2.51. The molecule has 0 unspecified atom stereocenters. The summed E-state index contributed by atoms with van der Waals surface area (Å²) in [7, 11) is -2.10. The van der Waals surface area contributed by atoms with Gasteiger partial charge in [0, 0.05) is 18.9 Å². The fourth-order valence-corrected chi connectivity index (χ4v) is 5.41. The summed E-state index contributed by atoms with van der Waals surface area (Å²) in [5.41, 5.74) is 0.286. The molecule has 0 bridgehead atoms. The minimum Gasteiger partial charge on any atom is -0.508 e. The van der Waals surface area contributed by atoms with E-state index in [9.17, 15) is 20.1 Å². The van der Waals surface area contributed by atoms with E-state index in [4.69, 9.17) is 4.43 Å². The zero-order valence-corrected chi connectivity index (χ0v) is 17.8. The maximum absolute atomic E-state index is 12.9. The van der Waals surface area contributed by atoms with Gasteiger partial charge in [0.15, 0.2) is 14.1 Å². The molecular weight excluding hydrogens is 360 g/mol. The Morgan fingerprint density at radius 1 is 1.07 bits per heavy atom. The van der Waals surface area contributed by atoms with Gasteiger partial charge < -0.3 is 19.7 Å². The van der Waals surface area contributed by atoms with E-state index in [1.807, 2.05) is 6.92 Å². The Balaban J connectivity index is 2.11. The number of carbonyl (C=O) groups is 1. The first kappa shape index (κ1) is 19.7. The molecule has 0 amide bonds. The molecule has 0 spiro atoms. The summed E-state index contributed by atoms with van der Waals surface area (Å²) in [4.78, 5) is 12.9. The van der Waals surface area contributed by atoms with E-state index in [1.54, 1.807) is 6.07 Å². The molecule has 5 nitrogen and oxygen atoms in total. The fourth-order valence-electron chi connectivity index (χ4n) is 3.73. The van der Waals surface area contributed by atoms with Crippen molar-refractivity contribution in [2.45, 2.75) is 64.3 Å². The highest BCUT2D eigenvalue weighted by atomic mass is 28.4. The predicted octanol–water partition coefficient (Wildman–Crippen LogP) is 4.87. The van der Waals surface area contributed by atoms with Gasteiger partial charge in [0.1, 0.15) is 17.2 Å². The first-order chi connectivity index (χ1) is 12.2. The summed E-state index contributed by atoms with van der Waals surface area (Å²) in [5.74, 6) is -0.755. The Hall–Kier alpha value is -2.05. The number of phenols is 3. The zero-order chi connectivity index (χ0) is 20.4. The van der Waals surface area contributed by atoms with E-state index < -0.39 is 13.9 Å². The van der Waals surface area contributed by atoms with Crippen LogP contribution in [0.5, 0.6) is 17.2 Å². The van der Waals surface area contributed by atoms with Gasteiger partial charge in [-0.1, -0.05) is 20.8 Å². The summed E-state index contributed by atoms with van der Waals surface area (Å²) in [6, 6.07) is 4.39. The van der Waals surface area contributed by atoms with Gasteiger partial charge in [-0.3, -0.25) is 4.79 Å². The number of hydrogen-bond acceptors (Lipinski definition) is 5. The lowest BCUT2D eigenvalue weighted by Gasteiger charge is -2.45. The van der Waals surface area contributed by atoms with Gasteiger partial charge in [0.05, 0.1) is 16.6 Å². The topological polar surface area (TPSA) is 87.0 Å². The van der Waals surface area contributed by atoms with Crippen molar-refractivity contribution < 1.29 is 24.5 Å². The molecule has 0 radical (unpaired) electrons. The third-order valence-corrected chi connectivity index (χ3v) is 10.6. The predicted molar refractivity (Wildman–Crippen MR) is 108 cm³/mol. The average molecular weight is 389 g/mol. The van der Waals surface area contributed by atoms with Gasteiger partial charge in [0.2, 0.25) is 0 Å². The molecule has 0 heterocycles. The largest absolute Gasteiger partial charge is 0.508 e. The normalized spacial score (nSPS) is 20.7. The molecule has 6 heteroatoms. The van der Waals surface area contributed by atoms with E-state index in [1.165, 1.54) is 6.07 Å². The second kappa shape index (κ2) is 5.97. The van der Waals surface area contributed by atoms with E-state index in [-0.39, 0.29) is 45.4 Å². The van der Waals surface area contributed by atoms with Crippen molar-refractivity contribution in [2.24, 2.45) is 0 Å². The van der Waals surface area contributed by atoms with Crippen LogP contribution in [0.3, 0.4) is 0 Å². The third-order valence-electron chi connectivity index (χ3n) is 5.94. The SMILES string of the molecule is CC(C)(C)[Si](C)(C)O[C@]1(C)CC(=O)c2c(cc3cc(O)cc(O)c3c2O)C1. The maximum Gasteiger partial charge on any atom is 0.192 e. The Kier molecular flexibility index (Phi) is 4.36. The summed E-state index contributed by atoms with van der Waals surface area (Å²) in [5, 5.41) is 31.3. The number of Topliss-reactive ketones (excluding diaryl/α,β-unsaturated/α-hetero) is 1. The Morgan fingerprint density at radius 3 is 2.30 bits per heavy atom. The maximum atomic E-state index is 12.9. The van der Waals surface area contributed by atoms with Gasteiger partial charge in [-0.05, 0) is 48.1 Å². The second-order valence-corrected chi connectivity index (χ2v) is 14.1. The number of rotatable bonds is 2. The summed E-state index contributed by atoms with van der Waals surface area (Å²) >= 11 is 0. The summed E-state index contributed by atoms with van der Waals surface area (Å²) in [6.07, 6.45) is 0.672. The lowest BCUT2D eigenvalue weighted by atomic mass is 9.79. The van der Waals surface area contributed by atoms with Gasteiger partial charge >= 0.3 is 0 Å². The molecule has 1 aliphatic rings. The first-order valence-corrected chi connectivity index (χ1v) is 12.1. The number of fused-ring (bicyclic) bond motifs is 2. The van der Waals surface area contributed by atoms with E-state index in [0.29, 0.717) is 17.4 Å². The molecule has 0 saturated heterocycles. The molecule has 2 aromatic carbocycles. The van der Waals surface area contributed by atoms with Crippen LogP contribution in [-0.2, 0) is 10.8 Å². The van der Waals surface area contributed by atoms with E-state index >= 15 is 0 Å². The number of phenolic OH excluding ortho intramolecular Hbond substituents is 3. The van der Waals surface area contributed by atoms with Crippen LogP contribution in [0.1, 0.15) is 50.0 Å². The van der Waals surface area contributed by atoms with Gasteiger partial charge in [-0.2, -0.15) is 0 Å².